The van der Waals surface area contributed by atoms with Gasteiger partial charge in [-0.05, 0) is 55.3 Å². The van der Waals surface area contributed by atoms with Gasteiger partial charge in [-0.15, -0.1) is 13.2 Å². The third-order valence-electron chi connectivity index (χ3n) is 5.69. The van der Waals surface area contributed by atoms with Gasteiger partial charge in [0.25, 0.3) is 0 Å². The van der Waals surface area contributed by atoms with Crippen LogP contribution in [0.3, 0.4) is 0 Å². The smallest absolute Gasteiger partial charge is 0.406 e. The van der Waals surface area contributed by atoms with E-state index in [1.165, 1.54) is 24.3 Å². The van der Waals surface area contributed by atoms with Crippen LogP contribution in [0.5, 0.6) is 5.75 Å². The molecule has 2 aromatic carbocycles. The van der Waals surface area contributed by atoms with Crippen molar-refractivity contribution in [3.05, 3.63) is 59.2 Å². The van der Waals surface area contributed by atoms with Crippen LogP contribution in [0.25, 0.3) is 0 Å². The Morgan fingerprint density at radius 2 is 1.88 bits per heavy atom. The summed E-state index contributed by atoms with van der Waals surface area (Å²) >= 11 is 0. The van der Waals surface area contributed by atoms with E-state index in [9.17, 15) is 18.0 Å². The average molecular weight is 462 g/mol. The van der Waals surface area contributed by atoms with Gasteiger partial charge in [0.1, 0.15) is 5.75 Å². The number of carbonyl (C=O) groups is 1. The number of aryl methyl sites for hydroxylation is 2. The number of anilines is 1. The highest BCUT2D eigenvalue weighted by Gasteiger charge is 2.40. The van der Waals surface area contributed by atoms with Crippen LogP contribution >= 0.6 is 0 Å². The number of carbonyl (C=O) groups excluding carboxylic acids is 1. The Morgan fingerprint density at radius 3 is 2.55 bits per heavy atom. The van der Waals surface area contributed by atoms with Crippen LogP contribution in [-0.4, -0.2) is 48.4 Å². The third-order valence-corrected chi connectivity index (χ3v) is 5.69. The highest BCUT2D eigenvalue weighted by Crippen LogP contribution is 2.31. The highest BCUT2D eigenvalue weighted by atomic mass is 19.4. The number of ether oxygens (including phenoxy) is 1. The first-order chi connectivity index (χ1) is 15.6. The number of benzene rings is 2. The summed E-state index contributed by atoms with van der Waals surface area (Å²) in [5.74, 6) is 0.0815. The highest BCUT2D eigenvalue weighted by molar-refractivity contribution is 5.99. The molecule has 0 bridgehead atoms. The molecule has 0 radical (unpaired) electrons. The molecule has 0 aromatic heterocycles. The van der Waals surface area contributed by atoms with Crippen molar-refractivity contribution in [1.82, 2.24) is 10.4 Å². The molecule has 0 aliphatic carbocycles. The summed E-state index contributed by atoms with van der Waals surface area (Å²) in [6.07, 6.45) is -3.58. The normalized spacial score (nSPS) is 18.0. The molecule has 33 heavy (non-hydrogen) atoms. The van der Waals surface area contributed by atoms with Gasteiger partial charge in [-0.2, -0.15) is 0 Å². The van der Waals surface area contributed by atoms with Crippen molar-refractivity contribution < 1.29 is 27.5 Å². The van der Waals surface area contributed by atoms with Crippen LogP contribution in [0.2, 0.25) is 0 Å². The van der Waals surface area contributed by atoms with Crippen molar-refractivity contribution >= 4 is 17.4 Å². The van der Waals surface area contributed by atoms with E-state index in [-0.39, 0.29) is 18.2 Å². The number of piperidine rings is 1. The number of rotatable bonds is 5. The number of amides is 1. The van der Waals surface area contributed by atoms with E-state index in [1.807, 2.05) is 36.9 Å². The van der Waals surface area contributed by atoms with Crippen molar-refractivity contribution in [3.63, 3.8) is 0 Å². The van der Waals surface area contributed by atoms with E-state index in [2.05, 4.69) is 20.5 Å². The minimum atomic E-state index is -4.73. The second-order valence-corrected chi connectivity index (χ2v) is 8.33. The molecule has 7 nitrogen and oxygen atoms in total. The molecule has 1 saturated heterocycles. The summed E-state index contributed by atoms with van der Waals surface area (Å²) < 4.78 is 40.9. The Balaban J connectivity index is 1.32. The number of hydrogen-bond donors (Lipinski definition) is 2. The minimum absolute atomic E-state index is 0.0736. The lowest BCUT2D eigenvalue weighted by molar-refractivity contribution is -0.274. The predicted octanol–water partition coefficient (Wildman–Crippen LogP) is 3.91. The lowest BCUT2D eigenvalue weighted by Gasteiger charge is -2.35. The second kappa shape index (κ2) is 9.03. The van der Waals surface area contributed by atoms with Crippen molar-refractivity contribution in [1.29, 1.82) is 0 Å². The second-order valence-electron chi connectivity index (χ2n) is 8.33. The molecule has 1 spiro atoms. The number of halogens is 3. The molecule has 0 unspecified atom stereocenters. The van der Waals surface area contributed by atoms with Crippen LogP contribution in [0.15, 0.2) is 47.5 Å². The molecule has 0 atom stereocenters. The number of amidine groups is 1. The first-order valence-corrected chi connectivity index (χ1v) is 10.6. The Bertz CT molecular complexity index is 1050. The summed E-state index contributed by atoms with van der Waals surface area (Å²) in [6.45, 7) is 5.45. The zero-order valence-corrected chi connectivity index (χ0v) is 18.3. The maximum absolute atomic E-state index is 12.5. The zero-order chi connectivity index (χ0) is 23.6. The third kappa shape index (κ3) is 5.82. The van der Waals surface area contributed by atoms with E-state index < -0.39 is 12.1 Å². The molecular formula is C23H25F3N4O3. The van der Waals surface area contributed by atoms with Crippen LogP contribution in [-0.2, 0) is 9.63 Å². The quantitative estimate of drug-likeness (QED) is 0.705. The SMILES string of the molecule is Cc1ccc(C)c(NC(=O)CN2CCC3(CC2)N=C(c2ccc(OC(F)(F)F)cc2)NO3)c1. The van der Waals surface area contributed by atoms with Gasteiger partial charge in [-0.25, -0.2) is 15.3 Å². The Labute approximate surface area is 189 Å². The van der Waals surface area contributed by atoms with E-state index in [1.54, 1.807) is 0 Å². The van der Waals surface area contributed by atoms with Crippen LogP contribution < -0.4 is 15.5 Å². The number of hydroxylamine groups is 1. The van der Waals surface area contributed by atoms with Gasteiger partial charge in [0.15, 0.2) is 11.6 Å². The molecule has 176 valence electrons. The van der Waals surface area contributed by atoms with E-state index in [0.29, 0.717) is 37.3 Å². The van der Waals surface area contributed by atoms with Crippen LogP contribution in [0.1, 0.15) is 29.5 Å². The Hall–Kier alpha value is -3.11. The molecule has 1 fully saturated rings. The van der Waals surface area contributed by atoms with E-state index >= 15 is 0 Å². The molecule has 4 rings (SSSR count). The average Bonchev–Trinajstić information content (AvgIpc) is 3.16. The molecule has 10 heteroatoms. The van der Waals surface area contributed by atoms with E-state index in [4.69, 9.17) is 4.84 Å². The molecule has 2 N–H and O–H groups in total. The number of hydrogen-bond acceptors (Lipinski definition) is 6. The zero-order valence-electron chi connectivity index (χ0n) is 18.3. The number of nitrogens with one attached hydrogen (secondary N) is 2. The number of aliphatic imine (C=N–C) groups is 1. The molecule has 2 aliphatic heterocycles. The fourth-order valence-electron chi connectivity index (χ4n) is 3.87. The Kier molecular flexibility index (Phi) is 6.31. The predicted molar refractivity (Wildman–Crippen MR) is 117 cm³/mol. The number of likely N-dealkylation sites (tertiary alicyclic amines) is 1. The number of alkyl halides is 3. The van der Waals surface area contributed by atoms with E-state index in [0.717, 1.165) is 16.8 Å². The molecule has 2 aromatic rings. The Morgan fingerprint density at radius 1 is 1.18 bits per heavy atom. The van der Waals surface area contributed by atoms with Gasteiger partial charge in [0.05, 0.1) is 6.54 Å². The van der Waals surface area contributed by atoms with Crippen LogP contribution in [0, 0.1) is 13.8 Å². The maximum atomic E-state index is 12.5. The molecule has 0 saturated carbocycles. The minimum Gasteiger partial charge on any atom is -0.406 e. The largest absolute Gasteiger partial charge is 0.573 e. The molecule has 1 amide bonds. The molecule has 2 heterocycles. The standard InChI is InChI=1S/C23H25F3N4O3/c1-15-3-4-16(2)19(13-15)27-20(31)14-30-11-9-22(10-12-30)28-21(29-33-22)17-5-7-18(8-6-17)32-23(24,25)26/h3-8,13H,9-12,14H2,1-2H3,(H,27,31)(H,28,29). The summed E-state index contributed by atoms with van der Waals surface area (Å²) in [5.41, 5.74) is 5.54. The molecule has 2 aliphatic rings. The number of nitrogens with zero attached hydrogens (tertiary/aromatic N) is 2. The van der Waals surface area contributed by atoms with Gasteiger partial charge in [0.2, 0.25) is 5.91 Å². The maximum Gasteiger partial charge on any atom is 0.573 e. The lowest BCUT2D eigenvalue weighted by Crippen LogP contribution is -2.46. The van der Waals surface area contributed by atoms with Gasteiger partial charge < -0.3 is 10.1 Å². The first kappa shape index (κ1) is 23.1. The lowest BCUT2D eigenvalue weighted by atomic mass is 10.0. The fourth-order valence-corrected chi connectivity index (χ4v) is 3.87. The van der Waals surface area contributed by atoms with Crippen molar-refractivity contribution in [2.75, 3.05) is 25.0 Å². The summed E-state index contributed by atoms with van der Waals surface area (Å²) in [4.78, 5) is 24.9. The molecular weight excluding hydrogens is 437 g/mol. The summed E-state index contributed by atoms with van der Waals surface area (Å²) in [6, 6.07) is 11.4. The summed E-state index contributed by atoms with van der Waals surface area (Å²) in [5, 5.41) is 2.97. The fraction of sp³-hybridized carbons (Fsp3) is 0.391. The van der Waals surface area contributed by atoms with Gasteiger partial charge in [-0.3, -0.25) is 9.69 Å². The monoisotopic (exact) mass is 462 g/mol. The van der Waals surface area contributed by atoms with Crippen molar-refractivity contribution in [2.45, 2.75) is 38.8 Å². The summed E-state index contributed by atoms with van der Waals surface area (Å²) in [7, 11) is 0. The van der Waals surface area contributed by atoms with Gasteiger partial charge in [-0.1, -0.05) is 12.1 Å². The first-order valence-electron chi connectivity index (χ1n) is 10.6. The van der Waals surface area contributed by atoms with Crippen molar-refractivity contribution in [2.24, 2.45) is 4.99 Å². The van der Waals surface area contributed by atoms with Crippen molar-refractivity contribution in [3.8, 4) is 5.75 Å². The van der Waals surface area contributed by atoms with Crippen LogP contribution in [0.4, 0.5) is 18.9 Å². The topological polar surface area (TPSA) is 75.2 Å². The van der Waals surface area contributed by atoms with Gasteiger partial charge >= 0.3 is 6.36 Å². The van der Waals surface area contributed by atoms with Gasteiger partial charge in [0, 0.05) is 37.2 Å².